The average Bonchev–Trinajstić information content (AvgIpc) is 1.33. The Morgan fingerprint density at radius 2 is 1.62 bits per heavy atom. The summed E-state index contributed by atoms with van der Waals surface area (Å²) >= 11 is 3.65. The van der Waals surface area contributed by atoms with Gasteiger partial charge in [-0.2, -0.15) is 0 Å². The molecule has 4 N–H and O–H groups in total. The van der Waals surface area contributed by atoms with Crippen LogP contribution in [-0.4, -0.2) is 4.55 Å². The molecule has 0 aliphatic heterocycles. The SMILES string of the molecule is CCC.N.O=[S-](O)=S. The van der Waals surface area contributed by atoms with E-state index in [-0.39, 0.29) is 6.15 Å². The Balaban J connectivity index is -0.0000000575. The molecule has 0 saturated heterocycles. The van der Waals surface area contributed by atoms with E-state index in [9.17, 15) is 0 Å². The van der Waals surface area contributed by atoms with Gasteiger partial charge in [0, 0.05) is 0 Å². The maximum Gasteiger partial charge on any atom is -0.0590 e. The average molecular weight is 158 g/mol. The molecule has 0 rings (SSSR count). The molecular weight excluding hydrogens is 146 g/mol. The highest BCUT2D eigenvalue weighted by Gasteiger charge is 1.35. The maximum atomic E-state index is 8.93. The Labute approximate surface area is 56.6 Å². The van der Waals surface area contributed by atoms with Crippen molar-refractivity contribution < 1.29 is 8.76 Å². The molecule has 0 amide bonds. The van der Waals surface area contributed by atoms with Crippen LogP contribution in [0.25, 0.3) is 0 Å². The third-order valence-corrected chi connectivity index (χ3v) is 0. The van der Waals surface area contributed by atoms with Gasteiger partial charge in [0.05, 0.1) is 0 Å². The molecule has 0 aliphatic rings. The van der Waals surface area contributed by atoms with Gasteiger partial charge < -0.3 is 14.9 Å². The first-order chi connectivity index (χ1) is 3.15. The lowest BCUT2D eigenvalue weighted by atomic mass is 10.6. The number of hydrogen-bond acceptors (Lipinski definition) is 4. The largest absolute Gasteiger partial charge is 0.459 e. The van der Waals surface area contributed by atoms with Gasteiger partial charge in [0.1, 0.15) is 0 Å². The van der Waals surface area contributed by atoms with E-state index < -0.39 is 9.64 Å². The molecule has 0 aliphatic carbocycles. The van der Waals surface area contributed by atoms with E-state index in [0.717, 1.165) is 0 Å². The quantitative estimate of drug-likeness (QED) is 0.413. The zero-order chi connectivity index (χ0) is 6.28. The molecule has 0 radical (unpaired) electrons. The van der Waals surface area contributed by atoms with Gasteiger partial charge in [0.2, 0.25) is 0 Å². The molecular formula is C3H12NO2S2-. The van der Waals surface area contributed by atoms with Gasteiger partial charge in [-0.05, 0) is 0 Å². The van der Waals surface area contributed by atoms with Gasteiger partial charge in [-0.25, -0.2) is 11.2 Å². The highest BCUT2D eigenvalue weighted by Crippen LogP contribution is 1.56. The van der Waals surface area contributed by atoms with Crippen molar-refractivity contribution in [2.75, 3.05) is 0 Å². The van der Waals surface area contributed by atoms with Crippen LogP contribution in [0.3, 0.4) is 0 Å². The van der Waals surface area contributed by atoms with E-state index in [1.54, 1.807) is 0 Å². The van der Waals surface area contributed by atoms with Crippen LogP contribution in [0, 0.1) is 0 Å². The van der Waals surface area contributed by atoms with Crippen LogP contribution in [0.2, 0.25) is 0 Å². The fourth-order valence-corrected chi connectivity index (χ4v) is 0. The monoisotopic (exact) mass is 158 g/mol. The first kappa shape index (κ1) is 15.7. The summed E-state index contributed by atoms with van der Waals surface area (Å²) in [5.74, 6) is 0. The van der Waals surface area contributed by atoms with Crippen LogP contribution in [0.15, 0.2) is 0 Å². The van der Waals surface area contributed by atoms with E-state index >= 15 is 0 Å². The second kappa shape index (κ2) is 15.7. The van der Waals surface area contributed by atoms with E-state index in [1.165, 1.54) is 6.42 Å². The molecule has 3 nitrogen and oxygen atoms in total. The zero-order valence-corrected chi connectivity index (χ0v) is 6.72. The summed E-state index contributed by atoms with van der Waals surface area (Å²) in [5.41, 5.74) is 0. The van der Waals surface area contributed by atoms with E-state index in [4.69, 9.17) is 8.76 Å². The summed E-state index contributed by atoms with van der Waals surface area (Å²) in [5, 5.41) is 0. The van der Waals surface area contributed by atoms with Crippen molar-refractivity contribution in [2.45, 2.75) is 20.3 Å². The first-order valence-electron chi connectivity index (χ1n) is 1.93. The second-order valence-electron chi connectivity index (χ2n) is 0.924. The highest BCUT2D eigenvalue weighted by atomic mass is 32.8. The molecule has 0 aromatic carbocycles. The topological polar surface area (TPSA) is 72.3 Å². The van der Waals surface area contributed by atoms with Crippen LogP contribution in [0.4, 0.5) is 0 Å². The van der Waals surface area contributed by atoms with Gasteiger partial charge in [-0.3, -0.25) is 0 Å². The van der Waals surface area contributed by atoms with Gasteiger partial charge >= 0.3 is 0 Å². The van der Waals surface area contributed by atoms with E-state index in [2.05, 4.69) is 25.0 Å². The summed E-state index contributed by atoms with van der Waals surface area (Å²) in [4.78, 5) is 0. The van der Waals surface area contributed by atoms with Crippen molar-refractivity contribution in [3.8, 4) is 0 Å². The normalized spacial score (nSPS) is 6.50. The molecule has 0 unspecified atom stereocenters. The molecule has 0 aromatic heterocycles. The fraction of sp³-hybridized carbons (Fsp3) is 1.00. The Kier molecular flexibility index (Phi) is 30.8. The summed E-state index contributed by atoms with van der Waals surface area (Å²) in [7, 11) is -2.03. The molecule has 0 spiro atoms. The minimum atomic E-state index is -2.03. The standard InChI is InChI=1S/C3H8.H3N.HO2S2/c1-3-2;;1-4(2)3/h3H2,1-2H3;1H3;(H,1,2,3)/q;;-1. The minimum Gasteiger partial charge on any atom is -0.459 e. The molecule has 0 atom stereocenters. The summed E-state index contributed by atoms with van der Waals surface area (Å²) in [6.45, 7) is 4.25. The van der Waals surface area contributed by atoms with Crippen molar-refractivity contribution in [1.82, 2.24) is 6.15 Å². The Morgan fingerprint density at radius 1 is 1.62 bits per heavy atom. The van der Waals surface area contributed by atoms with Crippen LogP contribution in [-0.2, 0) is 25.0 Å². The van der Waals surface area contributed by atoms with Crippen molar-refractivity contribution in [3.63, 3.8) is 0 Å². The summed E-state index contributed by atoms with van der Waals surface area (Å²) < 4.78 is 16.3. The molecule has 0 bridgehead atoms. The number of hydrogen-bond donors (Lipinski definition) is 2. The Bertz CT molecular complexity index is 73.4. The summed E-state index contributed by atoms with van der Waals surface area (Å²) in [6.07, 6.45) is 1.25. The Hall–Kier alpha value is 0.290. The van der Waals surface area contributed by atoms with Gasteiger partial charge in [0.25, 0.3) is 0 Å². The number of rotatable bonds is 0. The Morgan fingerprint density at radius 3 is 1.62 bits per heavy atom. The molecule has 0 aromatic rings. The van der Waals surface area contributed by atoms with Crippen LogP contribution in [0.5, 0.6) is 0 Å². The molecule has 5 heteroatoms. The highest BCUT2D eigenvalue weighted by molar-refractivity contribution is 8.18. The van der Waals surface area contributed by atoms with E-state index in [1.807, 2.05) is 0 Å². The summed E-state index contributed by atoms with van der Waals surface area (Å²) in [6, 6.07) is 0. The van der Waals surface area contributed by atoms with Crippen molar-refractivity contribution in [3.05, 3.63) is 0 Å². The van der Waals surface area contributed by atoms with Crippen molar-refractivity contribution in [1.29, 1.82) is 0 Å². The van der Waals surface area contributed by atoms with Crippen molar-refractivity contribution in [2.24, 2.45) is 0 Å². The third kappa shape index (κ3) is 2090. The molecule has 0 saturated carbocycles. The zero-order valence-electron chi connectivity index (χ0n) is 5.09. The predicted octanol–water partition coefficient (Wildman–Crippen LogP) is 1.46. The van der Waals surface area contributed by atoms with Crippen molar-refractivity contribution >= 4 is 20.8 Å². The maximum absolute atomic E-state index is 8.93. The smallest absolute Gasteiger partial charge is 0.0590 e. The van der Waals surface area contributed by atoms with Gasteiger partial charge in [-0.15, -0.1) is 0 Å². The predicted molar refractivity (Wildman–Crippen MR) is 39.0 cm³/mol. The lowest BCUT2D eigenvalue weighted by Gasteiger charge is -1.66. The van der Waals surface area contributed by atoms with Crippen LogP contribution in [0.1, 0.15) is 20.3 Å². The first-order valence-corrected chi connectivity index (χ1v) is 3.96. The van der Waals surface area contributed by atoms with E-state index in [0.29, 0.717) is 0 Å². The fourth-order valence-electron chi connectivity index (χ4n) is 0. The minimum absolute atomic E-state index is 0. The molecule has 54 valence electrons. The second-order valence-corrected chi connectivity index (χ2v) is 2.21. The molecule has 0 heterocycles. The van der Waals surface area contributed by atoms with Gasteiger partial charge in [-0.1, -0.05) is 29.9 Å². The lowest BCUT2D eigenvalue weighted by Crippen LogP contribution is -1.51. The van der Waals surface area contributed by atoms with Crippen LogP contribution < -0.4 is 6.15 Å². The van der Waals surface area contributed by atoms with Crippen LogP contribution >= 0.6 is 0 Å². The van der Waals surface area contributed by atoms with Gasteiger partial charge in [0.15, 0.2) is 0 Å². The molecule has 0 fully saturated rings. The third-order valence-electron chi connectivity index (χ3n) is 0. The molecule has 8 heavy (non-hydrogen) atoms. The lowest BCUT2D eigenvalue weighted by molar-refractivity contribution is 0.536.